The molecule has 0 N–H and O–H groups in total. The summed E-state index contributed by atoms with van der Waals surface area (Å²) in [5.41, 5.74) is 24.9. The number of aromatic nitrogens is 8. The highest BCUT2D eigenvalue weighted by Gasteiger charge is 2.24. The van der Waals surface area contributed by atoms with Crippen LogP contribution in [0.25, 0.3) is 281 Å². The van der Waals surface area contributed by atoms with Crippen LogP contribution in [0.15, 0.2) is 465 Å². The highest BCUT2D eigenvalue weighted by Crippen LogP contribution is 2.47. The van der Waals surface area contributed by atoms with Crippen LogP contribution in [0, 0.1) is 0 Å². The third-order valence-corrected chi connectivity index (χ3v) is 30.6. The van der Waals surface area contributed by atoms with Gasteiger partial charge >= 0.3 is 0 Å². The second-order valence-electron chi connectivity index (χ2n) is 35.3. The minimum absolute atomic E-state index is 0.881. The quantitative estimate of drug-likeness (QED) is 0.137. The van der Waals surface area contributed by atoms with Crippen molar-refractivity contribution in [2.24, 2.45) is 0 Å². The van der Waals surface area contributed by atoms with Crippen LogP contribution in [0.4, 0.5) is 0 Å². The van der Waals surface area contributed by atoms with Crippen LogP contribution in [0.1, 0.15) is 0 Å². The van der Waals surface area contributed by atoms with Gasteiger partial charge in [0.1, 0.15) is 11.2 Å². The number of rotatable bonds is 8. The summed E-state index contributed by atoms with van der Waals surface area (Å²) in [6, 6.07) is 161. The number of furan rings is 1. The van der Waals surface area contributed by atoms with Crippen LogP contribution < -0.4 is 0 Å². The Morgan fingerprint density at radius 1 is 0.150 bits per heavy atom. The number of fused-ring (bicyclic) bond motifs is 28. The Labute approximate surface area is 814 Å². The summed E-state index contributed by atoms with van der Waals surface area (Å²) in [5.74, 6) is 0. The van der Waals surface area contributed by atoms with E-state index in [1.165, 1.54) is 104 Å². The molecule has 8 aromatic heterocycles. The Hall–Kier alpha value is -17.8. The zero-order chi connectivity index (χ0) is 92.2. The zero-order valence-electron chi connectivity index (χ0n) is 75.1. The summed E-state index contributed by atoms with van der Waals surface area (Å²) < 4.78 is 14.2. The molecule has 9 nitrogen and oxygen atoms in total. The van der Waals surface area contributed by atoms with Crippen molar-refractivity contribution in [2.45, 2.75) is 0 Å². The lowest BCUT2D eigenvalue weighted by Crippen LogP contribution is -1.96. The van der Waals surface area contributed by atoms with Crippen LogP contribution in [-0.2, 0) is 0 Å². The monoisotopic (exact) mass is 1840 g/mol. The minimum atomic E-state index is 0.881. The largest absolute Gasteiger partial charge is 0.455 e. The van der Waals surface area contributed by atoms with Gasteiger partial charge in [0.15, 0.2) is 0 Å². The molecule has 0 unspecified atom stereocenters. The molecule has 0 saturated heterocycles. The average Bonchev–Trinajstić information content (AvgIpc) is 1.52. The molecule has 0 fully saturated rings. The van der Waals surface area contributed by atoms with Gasteiger partial charge in [-0.2, -0.15) is 0 Å². The summed E-state index contributed by atoms with van der Waals surface area (Å²) in [5, 5.41) is 24.6. The Balaban J connectivity index is 0.0000000939. The maximum atomic E-state index is 6.23. The Bertz CT molecular complexity index is 9980. The molecule has 0 aliphatic heterocycles. The summed E-state index contributed by atoms with van der Waals surface area (Å²) in [6.45, 7) is 0. The van der Waals surface area contributed by atoms with Crippen molar-refractivity contribution in [1.82, 2.24) is 39.9 Å². The Morgan fingerprint density at radius 3 is 0.779 bits per heavy atom. The SMILES string of the molecule is c1ccc(-c2nc3c(ccc4ccccc43)nc2-c2ccc3c(ccc4c5ccccc5sc34)c2)cc1.c1ccc(-c2nc3ccc4ccccc4c3nc2-c2ccc3c(ccc4c5ccccc5sc34)c2)cc1.c1ccc(-c2nc3ccccc3nc2-c2ccc3c(ccc4c5ccccc5oc34)c2)cc1.c1ccc(-c2nc3ccccc3nc2-c2ccc3c(ccc4c5ccccc5sc34)c2)cc1. The van der Waals surface area contributed by atoms with E-state index < -0.39 is 0 Å². The molecule has 0 radical (unpaired) electrons. The van der Waals surface area contributed by atoms with Gasteiger partial charge < -0.3 is 4.42 Å². The molecule has 0 atom stereocenters. The van der Waals surface area contributed by atoms with Gasteiger partial charge in [0.05, 0.1) is 89.7 Å². The maximum absolute atomic E-state index is 6.23. The molecular formula is C128H76N8OS3. The third kappa shape index (κ3) is 14.4. The van der Waals surface area contributed by atoms with E-state index in [9.17, 15) is 0 Å². The van der Waals surface area contributed by atoms with E-state index >= 15 is 0 Å². The second-order valence-corrected chi connectivity index (χ2v) is 38.5. The molecule has 30 aromatic rings. The molecule has 0 aliphatic rings. The first-order valence-corrected chi connectivity index (χ1v) is 49.3. The number of thiophene rings is 3. The van der Waals surface area contributed by atoms with Crippen LogP contribution in [0.5, 0.6) is 0 Å². The first-order valence-electron chi connectivity index (χ1n) is 46.9. The zero-order valence-corrected chi connectivity index (χ0v) is 77.5. The summed E-state index contributed by atoms with van der Waals surface area (Å²) in [7, 11) is 0. The number of hydrogen-bond donors (Lipinski definition) is 0. The van der Waals surface area contributed by atoms with Gasteiger partial charge in [-0.25, -0.2) is 39.9 Å². The summed E-state index contributed by atoms with van der Waals surface area (Å²) in [6.07, 6.45) is 0. The van der Waals surface area contributed by atoms with Crippen LogP contribution >= 0.6 is 34.0 Å². The normalized spacial score (nSPS) is 11.7. The molecule has 12 heteroatoms. The van der Waals surface area contributed by atoms with Crippen molar-refractivity contribution in [3.05, 3.63) is 461 Å². The maximum Gasteiger partial charge on any atom is 0.143 e. The van der Waals surface area contributed by atoms with E-state index in [2.05, 4.69) is 358 Å². The first kappa shape index (κ1) is 81.7. The van der Waals surface area contributed by atoms with Crippen molar-refractivity contribution < 1.29 is 4.42 Å². The van der Waals surface area contributed by atoms with Gasteiger partial charge in [0.2, 0.25) is 0 Å². The number of hydrogen-bond acceptors (Lipinski definition) is 12. The minimum Gasteiger partial charge on any atom is -0.455 e. The van der Waals surface area contributed by atoms with Gasteiger partial charge in [-0.05, 0) is 146 Å². The van der Waals surface area contributed by atoms with Gasteiger partial charge in [0, 0.05) is 132 Å². The van der Waals surface area contributed by atoms with Crippen LogP contribution in [0.2, 0.25) is 0 Å². The summed E-state index contributed by atoms with van der Waals surface area (Å²) >= 11 is 5.60. The fourth-order valence-electron chi connectivity index (χ4n) is 20.2. The number of para-hydroxylation sites is 5. The molecule has 0 spiro atoms. The average molecular weight is 1840 g/mol. The van der Waals surface area contributed by atoms with Crippen molar-refractivity contribution in [3.63, 3.8) is 0 Å². The van der Waals surface area contributed by atoms with Crippen molar-refractivity contribution in [3.8, 4) is 90.1 Å². The molecular weight excluding hydrogens is 1760 g/mol. The fourth-order valence-corrected chi connectivity index (χ4v) is 23.9. The lowest BCUT2D eigenvalue weighted by molar-refractivity contribution is 0.672. The molecule has 30 rings (SSSR count). The van der Waals surface area contributed by atoms with Gasteiger partial charge in [-0.15, -0.1) is 34.0 Å². The molecule has 652 valence electrons. The van der Waals surface area contributed by atoms with Gasteiger partial charge in [-0.1, -0.05) is 364 Å². The summed E-state index contributed by atoms with van der Waals surface area (Å²) in [4.78, 5) is 41.1. The molecule has 0 saturated carbocycles. The Kier molecular flexibility index (Phi) is 20.0. The fraction of sp³-hybridized carbons (Fsp3) is 0. The van der Waals surface area contributed by atoms with Crippen LogP contribution in [-0.4, -0.2) is 39.9 Å². The second kappa shape index (κ2) is 34.2. The number of nitrogens with zero attached hydrogens (tertiary/aromatic N) is 8. The predicted octanol–water partition coefficient (Wildman–Crippen LogP) is 35.8. The van der Waals surface area contributed by atoms with Crippen LogP contribution in [0.3, 0.4) is 0 Å². The van der Waals surface area contributed by atoms with E-state index in [-0.39, 0.29) is 0 Å². The lowest BCUT2D eigenvalue weighted by atomic mass is 9.99. The van der Waals surface area contributed by atoms with E-state index in [1.54, 1.807) is 0 Å². The smallest absolute Gasteiger partial charge is 0.143 e. The Morgan fingerprint density at radius 2 is 0.407 bits per heavy atom. The van der Waals surface area contributed by atoms with Gasteiger partial charge in [-0.3, -0.25) is 0 Å². The standard InChI is InChI=1S/2C34H20N2S.C30H18N2O.C30H18N2S/c1-2-9-22(10-3-1)31-32(35-29-19-16-21-8-4-5-11-25(21)33(29)36-31)24-15-17-26-23(20-24)14-18-28-27-12-6-7-13-30(27)37-34(26)28;1-2-9-22(10-3-1)31-32(36-33-25-11-5-4-8-21(25)16-19-29(33)35-31)24-15-17-26-23(20-24)14-18-28-27-12-6-7-13-30(27)37-34(26)28;2*1-2-8-19(9-3-1)28-29(32-26-12-6-5-11-25(26)31-28)21-15-16-22-20(18-21)14-17-24-23-10-4-7-13-27(23)33-30(22)24/h2*1-20H;2*1-18H. The van der Waals surface area contributed by atoms with Crippen molar-refractivity contribution >= 4 is 225 Å². The highest BCUT2D eigenvalue weighted by atomic mass is 32.1. The van der Waals surface area contributed by atoms with E-state index in [1.807, 2.05) is 137 Å². The highest BCUT2D eigenvalue weighted by molar-refractivity contribution is 7.27. The van der Waals surface area contributed by atoms with Crippen molar-refractivity contribution in [1.29, 1.82) is 0 Å². The van der Waals surface area contributed by atoms with Crippen molar-refractivity contribution in [2.75, 3.05) is 0 Å². The third-order valence-electron chi connectivity index (χ3n) is 27.0. The molecule has 0 bridgehead atoms. The molecule has 22 aromatic carbocycles. The first-order chi connectivity index (χ1) is 69.4. The predicted molar refractivity (Wildman–Crippen MR) is 593 cm³/mol. The lowest BCUT2D eigenvalue weighted by Gasteiger charge is -2.13. The molecule has 0 amide bonds. The van der Waals surface area contributed by atoms with Gasteiger partial charge in [0.25, 0.3) is 0 Å². The van der Waals surface area contributed by atoms with E-state index in [0.717, 1.165) is 178 Å². The molecule has 8 heterocycles. The van der Waals surface area contributed by atoms with E-state index in [0.29, 0.717) is 0 Å². The topological polar surface area (TPSA) is 116 Å². The number of benzene rings is 22. The van der Waals surface area contributed by atoms with E-state index in [4.69, 9.17) is 44.3 Å². The molecule has 0 aliphatic carbocycles. The molecule has 140 heavy (non-hydrogen) atoms.